The van der Waals surface area contributed by atoms with Crippen LogP contribution in [0.5, 0.6) is 0 Å². The predicted molar refractivity (Wildman–Crippen MR) is 43.4 cm³/mol. The highest BCUT2D eigenvalue weighted by Gasteiger charge is 2.18. The lowest BCUT2D eigenvalue weighted by atomic mass is 9.85. The minimum atomic E-state index is 0.818. The molecular weight excluding hydrogens is 122 g/mol. The first-order chi connectivity index (χ1) is 4.97. The SMILES string of the molecule is C1=NC[C@H]2CCCC=C2C1. The Bertz CT molecular complexity index is 179. The molecular formula is C9H13N. The number of nitrogens with zero attached hydrogens (tertiary/aromatic N) is 1. The highest BCUT2D eigenvalue weighted by Crippen LogP contribution is 2.28. The van der Waals surface area contributed by atoms with E-state index in [1.807, 2.05) is 0 Å². The summed E-state index contributed by atoms with van der Waals surface area (Å²) in [4.78, 5) is 4.30. The van der Waals surface area contributed by atoms with Gasteiger partial charge in [-0.1, -0.05) is 11.6 Å². The van der Waals surface area contributed by atoms with Crippen molar-refractivity contribution in [3.8, 4) is 0 Å². The van der Waals surface area contributed by atoms with Crippen molar-refractivity contribution in [2.45, 2.75) is 25.7 Å². The molecule has 0 aromatic carbocycles. The average molecular weight is 135 g/mol. The van der Waals surface area contributed by atoms with Crippen LogP contribution in [0.2, 0.25) is 0 Å². The Morgan fingerprint density at radius 3 is 3.40 bits per heavy atom. The molecule has 2 rings (SSSR count). The number of hydrogen-bond donors (Lipinski definition) is 0. The summed E-state index contributed by atoms with van der Waals surface area (Å²) in [5.74, 6) is 0.818. The summed E-state index contributed by atoms with van der Waals surface area (Å²) in [6.45, 7) is 1.06. The average Bonchev–Trinajstić information content (AvgIpc) is 2.05. The molecule has 1 heterocycles. The number of rotatable bonds is 0. The van der Waals surface area contributed by atoms with E-state index in [2.05, 4.69) is 17.3 Å². The van der Waals surface area contributed by atoms with Crippen LogP contribution in [0.4, 0.5) is 0 Å². The molecule has 0 fully saturated rings. The Kier molecular flexibility index (Phi) is 1.58. The Morgan fingerprint density at radius 1 is 1.50 bits per heavy atom. The lowest BCUT2D eigenvalue weighted by molar-refractivity contribution is 0.507. The summed E-state index contributed by atoms with van der Waals surface area (Å²) in [7, 11) is 0. The van der Waals surface area contributed by atoms with E-state index in [1.54, 1.807) is 5.57 Å². The van der Waals surface area contributed by atoms with Crippen molar-refractivity contribution < 1.29 is 0 Å². The van der Waals surface area contributed by atoms with E-state index in [0.29, 0.717) is 0 Å². The second-order valence-electron chi connectivity index (χ2n) is 3.16. The van der Waals surface area contributed by atoms with Crippen LogP contribution in [0.15, 0.2) is 16.6 Å². The standard InChI is InChI=1S/C9H13N/c1-2-4-9-7-10-6-5-8(9)3-1/h3,6,9H,1-2,4-5,7H2/t9-/m1/s1. The van der Waals surface area contributed by atoms with Gasteiger partial charge in [-0.05, 0) is 25.2 Å². The molecule has 1 aliphatic carbocycles. The van der Waals surface area contributed by atoms with Gasteiger partial charge in [-0.3, -0.25) is 4.99 Å². The monoisotopic (exact) mass is 135 g/mol. The quantitative estimate of drug-likeness (QED) is 0.451. The Balaban J connectivity index is 2.17. The van der Waals surface area contributed by atoms with Crippen molar-refractivity contribution in [3.05, 3.63) is 11.6 Å². The van der Waals surface area contributed by atoms with Crippen molar-refractivity contribution in [2.24, 2.45) is 10.9 Å². The minimum Gasteiger partial charge on any atom is -0.297 e. The van der Waals surface area contributed by atoms with E-state index in [0.717, 1.165) is 18.9 Å². The summed E-state index contributed by atoms with van der Waals surface area (Å²) in [5, 5.41) is 0. The third-order valence-corrected chi connectivity index (χ3v) is 2.47. The van der Waals surface area contributed by atoms with Gasteiger partial charge in [0.2, 0.25) is 0 Å². The van der Waals surface area contributed by atoms with Gasteiger partial charge in [-0.15, -0.1) is 0 Å². The third-order valence-electron chi connectivity index (χ3n) is 2.47. The zero-order chi connectivity index (χ0) is 6.81. The molecule has 0 bridgehead atoms. The number of aliphatic imine (C=N–C) groups is 1. The fourth-order valence-electron chi connectivity index (χ4n) is 1.83. The van der Waals surface area contributed by atoms with Crippen molar-refractivity contribution in [3.63, 3.8) is 0 Å². The van der Waals surface area contributed by atoms with Crippen LogP contribution in [0.25, 0.3) is 0 Å². The minimum absolute atomic E-state index is 0.818. The zero-order valence-electron chi connectivity index (χ0n) is 6.21. The molecule has 1 atom stereocenters. The second kappa shape index (κ2) is 2.57. The molecule has 0 spiro atoms. The summed E-state index contributed by atoms with van der Waals surface area (Å²) in [6.07, 6.45) is 9.67. The molecule has 0 saturated carbocycles. The molecule has 10 heavy (non-hydrogen) atoms. The summed E-state index contributed by atoms with van der Waals surface area (Å²) in [5.41, 5.74) is 1.65. The van der Waals surface area contributed by atoms with Gasteiger partial charge < -0.3 is 0 Å². The van der Waals surface area contributed by atoms with Gasteiger partial charge in [0.1, 0.15) is 0 Å². The topological polar surface area (TPSA) is 12.4 Å². The molecule has 54 valence electrons. The van der Waals surface area contributed by atoms with Crippen LogP contribution < -0.4 is 0 Å². The second-order valence-corrected chi connectivity index (χ2v) is 3.16. The van der Waals surface area contributed by atoms with Crippen LogP contribution in [-0.4, -0.2) is 12.8 Å². The molecule has 0 saturated heterocycles. The van der Waals surface area contributed by atoms with Gasteiger partial charge in [0.05, 0.1) is 0 Å². The molecule has 1 aliphatic heterocycles. The van der Waals surface area contributed by atoms with Crippen molar-refractivity contribution >= 4 is 6.21 Å². The molecule has 0 unspecified atom stereocenters. The zero-order valence-corrected chi connectivity index (χ0v) is 6.21. The van der Waals surface area contributed by atoms with E-state index >= 15 is 0 Å². The largest absolute Gasteiger partial charge is 0.297 e. The molecule has 0 aromatic heterocycles. The van der Waals surface area contributed by atoms with Gasteiger partial charge >= 0.3 is 0 Å². The first-order valence-corrected chi connectivity index (χ1v) is 4.14. The Labute approximate surface area is 61.9 Å². The van der Waals surface area contributed by atoms with E-state index in [4.69, 9.17) is 0 Å². The fraction of sp³-hybridized carbons (Fsp3) is 0.667. The maximum Gasteiger partial charge on any atom is 0.0451 e. The third kappa shape index (κ3) is 1.00. The fourth-order valence-corrected chi connectivity index (χ4v) is 1.83. The highest BCUT2D eigenvalue weighted by molar-refractivity contribution is 5.63. The van der Waals surface area contributed by atoms with Gasteiger partial charge in [-0.2, -0.15) is 0 Å². The van der Waals surface area contributed by atoms with E-state index in [9.17, 15) is 0 Å². The van der Waals surface area contributed by atoms with E-state index < -0.39 is 0 Å². The summed E-state index contributed by atoms with van der Waals surface area (Å²) < 4.78 is 0. The summed E-state index contributed by atoms with van der Waals surface area (Å²) >= 11 is 0. The lowest BCUT2D eigenvalue weighted by Gasteiger charge is -2.24. The summed E-state index contributed by atoms with van der Waals surface area (Å²) in [6, 6.07) is 0. The normalized spacial score (nSPS) is 31.2. The smallest absolute Gasteiger partial charge is 0.0451 e. The molecule has 0 aromatic rings. The predicted octanol–water partition coefficient (Wildman–Crippen LogP) is 2.19. The van der Waals surface area contributed by atoms with Crippen molar-refractivity contribution in [1.29, 1.82) is 0 Å². The first-order valence-electron chi connectivity index (χ1n) is 4.14. The van der Waals surface area contributed by atoms with Crippen LogP contribution >= 0.6 is 0 Å². The lowest BCUT2D eigenvalue weighted by Crippen LogP contribution is -2.15. The van der Waals surface area contributed by atoms with Gasteiger partial charge in [0.25, 0.3) is 0 Å². The molecule has 0 amide bonds. The number of fused-ring (bicyclic) bond motifs is 1. The molecule has 0 radical (unpaired) electrons. The van der Waals surface area contributed by atoms with Crippen molar-refractivity contribution in [1.82, 2.24) is 0 Å². The van der Waals surface area contributed by atoms with Crippen LogP contribution in [0.1, 0.15) is 25.7 Å². The Morgan fingerprint density at radius 2 is 2.50 bits per heavy atom. The highest BCUT2D eigenvalue weighted by atomic mass is 14.7. The molecule has 0 N–H and O–H groups in total. The maximum absolute atomic E-state index is 4.30. The molecule has 1 nitrogen and oxygen atoms in total. The molecule has 2 aliphatic rings. The Hall–Kier alpha value is -0.590. The number of allylic oxidation sites excluding steroid dienone is 1. The van der Waals surface area contributed by atoms with Crippen LogP contribution in [0.3, 0.4) is 0 Å². The van der Waals surface area contributed by atoms with Crippen LogP contribution in [0, 0.1) is 5.92 Å². The van der Waals surface area contributed by atoms with Crippen molar-refractivity contribution in [2.75, 3.05) is 6.54 Å². The van der Waals surface area contributed by atoms with Gasteiger partial charge in [0, 0.05) is 19.2 Å². The maximum atomic E-state index is 4.30. The van der Waals surface area contributed by atoms with Gasteiger partial charge in [-0.25, -0.2) is 0 Å². The first kappa shape index (κ1) is 6.14. The van der Waals surface area contributed by atoms with Crippen LogP contribution in [-0.2, 0) is 0 Å². The van der Waals surface area contributed by atoms with E-state index in [1.165, 1.54) is 19.3 Å². The van der Waals surface area contributed by atoms with Gasteiger partial charge in [0.15, 0.2) is 0 Å². The molecule has 1 heteroatoms. The van der Waals surface area contributed by atoms with E-state index in [-0.39, 0.29) is 0 Å². The number of hydrogen-bond acceptors (Lipinski definition) is 1.